The molecule has 1 unspecified atom stereocenters. The summed E-state index contributed by atoms with van der Waals surface area (Å²) in [4.78, 5) is 2.58. The van der Waals surface area contributed by atoms with Crippen molar-refractivity contribution in [2.24, 2.45) is 0 Å². The first-order valence-electron chi connectivity index (χ1n) is 7.33. The van der Waals surface area contributed by atoms with Crippen LogP contribution in [0.15, 0.2) is 22.8 Å². The van der Waals surface area contributed by atoms with Gasteiger partial charge >= 0.3 is 0 Å². The third-order valence-corrected chi connectivity index (χ3v) is 3.75. The van der Waals surface area contributed by atoms with Gasteiger partial charge in [-0.3, -0.25) is 0 Å². The maximum absolute atomic E-state index is 5.34. The zero-order valence-electron chi connectivity index (χ0n) is 11.5. The number of nitrogens with one attached hydrogen (secondary N) is 1. The van der Waals surface area contributed by atoms with Crippen molar-refractivity contribution in [3.05, 3.63) is 24.2 Å². The highest BCUT2D eigenvalue weighted by Crippen LogP contribution is 2.08. The average molecular weight is 250 g/mol. The fourth-order valence-corrected chi connectivity index (χ4v) is 2.57. The number of likely N-dealkylation sites (tertiary alicyclic amines) is 1. The van der Waals surface area contributed by atoms with Crippen LogP contribution in [-0.2, 0) is 6.42 Å². The fourth-order valence-electron chi connectivity index (χ4n) is 2.57. The Morgan fingerprint density at radius 2 is 2.22 bits per heavy atom. The third kappa shape index (κ3) is 4.83. The molecule has 0 radical (unpaired) electrons. The molecule has 1 aromatic heterocycles. The number of furan rings is 1. The summed E-state index contributed by atoms with van der Waals surface area (Å²) in [6, 6.07) is 4.59. The van der Waals surface area contributed by atoms with Gasteiger partial charge in [0.1, 0.15) is 5.76 Å². The van der Waals surface area contributed by atoms with E-state index in [0.717, 1.165) is 25.1 Å². The summed E-state index contributed by atoms with van der Waals surface area (Å²) in [5.74, 6) is 1.10. The summed E-state index contributed by atoms with van der Waals surface area (Å²) < 4.78 is 5.34. The Labute approximate surface area is 111 Å². The van der Waals surface area contributed by atoms with Gasteiger partial charge in [0.2, 0.25) is 0 Å². The Balaban J connectivity index is 1.48. The molecule has 102 valence electrons. The van der Waals surface area contributed by atoms with E-state index >= 15 is 0 Å². The largest absolute Gasteiger partial charge is 0.469 e. The minimum absolute atomic E-state index is 0.577. The number of hydrogen-bond donors (Lipinski definition) is 1. The second-order valence-electron chi connectivity index (χ2n) is 5.38. The molecule has 1 fully saturated rings. The van der Waals surface area contributed by atoms with E-state index in [9.17, 15) is 0 Å². The molecule has 18 heavy (non-hydrogen) atoms. The molecule has 1 aliphatic heterocycles. The molecule has 1 saturated heterocycles. The van der Waals surface area contributed by atoms with Crippen LogP contribution >= 0.6 is 0 Å². The molecule has 0 spiro atoms. The molecule has 1 atom stereocenters. The Hall–Kier alpha value is -0.800. The molecule has 0 bridgehead atoms. The van der Waals surface area contributed by atoms with E-state index in [0.29, 0.717) is 6.04 Å². The predicted molar refractivity (Wildman–Crippen MR) is 74.8 cm³/mol. The third-order valence-electron chi connectivity index (χ3n) is 3.75. The van der Waals surface area contributed by atoms with Crippen LogP contribution in [0, 0.1) is 0 Å². The van der Waals surface area contributed by atoms with Gasteiger partial charge in [0, 0.05) is 12.5 Å². The average Bonchev–Trinajstić information content (AvgIpc) is 3.04. The van der Waals surface area contributed by atoms with Crippen LogP contribution in [0.4, 0.5) is 0 Å². The van der Waals surface area contributed by atoms with Crippen molar-refractivity contribution in [2.45, 2.75) is 45.1 Å². The number of aryl methyl sites for hydroxylation is 1. The van der Waals surface area contributed by atoms with Crippen LogP contribution in [0.3, 0.4) is 0 Å². The lowest BCUT2D eigenvalue weighted by molar-refractivity contribution is 0.327. The lowest BCUT2D eigenvalue weighted by Crippen LogP contribution is -2.30. The van der Waals surface area contributed by atoms with Crippen LogP contribution in [0.1, 0.15) is 38.4 Å². The summed E-state index contributed by atoms with van der Waals surface area (Å²) in [5.41, 5.74) is 0. The van der Waals surface area contributed by atoms with Crippen LogP contribution in [0.2, 0.25) is 0 Å². The first-order valence-corrected chi connectivity index (χ1v) is 7.33. The molecule has 2 rings (SSSR count). The molecule has 0 amide bonds. The Morgan fingerprint density at radius 1 is 1.39 bits per heavy atom. The van der Waals surface area contributed by atoms with E-state index < -0.39 is 0 Å². The van der Waals surface area contributed by atoms with Gasteiger partial charge in [0.05, 0.1) is 6.26 Å². The molecular formula is C15H26N2O. The maximum Gasteiger partial charge on any atom is 0.103 e. The molecule has 3 nitrogen and oxygen atoms in total. The maximum atomic E-state index is 5.34. The van der Waals surface area contributed by atoms with Gasteiger partial charge in [-0.15, -0.1) is 0 Å². The summed E-state index contributed by atoms with van der Waals surface area (Å²) >= 11 is 0. The molecule has 3 heteroatoms. The number of nitrogens with zero attached hydrogens (tertiary/aromatic N) is 1. The van der Waals surface area contributed by atoms with E-state index in [4.69, 9.17) is 4.42 Å². The molecule has 0 saturated carbocycles. The minimum Gasteiger partial charge on any atom is -0.469 e. The van der Waals surface area contributed by atoms with E-state index in [1.807, 2.05) is 6.07 Å². The number of rotatable bonds is 8. The second-order valence-corrected chi connectivity index (χ2v) is 5.38. The van der Waals surface area contributed by atoms with Gasteiger partial charge < -0.3 is 14.6 Å². The van der Waals surface area contributed by atoms with Crippen LogP contribution in [0.25, 0.3) is 0 Å². The van der Waals surface area contributed by atoms with Gasteiger partial charge in [-0.1, -0.05) is 0 Å². The van der Waals surface area contributed by atoms with Gasteiger partial charge in [-0.25, -0.2) is 0 Å². The summed E-state index contributed by atoms with van der Waals surface area (Å²) in [6.45, 7) is 7.29. The fraction of sp³-hybridized carbons (Fsp3) is 0.733. The predicted octanol–water partition coefficient (Wildman–Crippen LogP) is 2.68. The first-order chi connectivity index (χ1) is 8.84. The van der Waals surface area contributed by atoms with Crippen LogP contribution in [0.5, 0.6) is 0 Å². The van der Waals surface area contributed by atoms with Gasteiger partial charge in [-0.05, 0) is 70.9 Å². The van der Waals surface area contributed by atoms with Gasteiger partial charge in [0.15, 0.2) is 0 Å². The lowest BCUT2D eigenvalue weighted by Gasteiger charge is -2.16. The second kappa shape index (κ2) is 7.59. The zero-order chi connectivity index (χ0) is 12.6. The quantitative estimate of drug-likeness (QED) is 0.719. The molecule has 0 aromatic carbocycles. The van der Waals surface area contributed by atoms with Crippen molar-refractivity contribution in [3.63, 3.8) is 0 Å². The molecule has 1 aromatic rings. The Bertz CT molecular complexity index is 304. The molecule has 0 aliphatic carbocycles. The number of hydrogen-bond acceptors (Lipinski definition) is 3. The summed E-state index contributed by atoms with van der Waals surface area (Å²) in [7, 11) is 0. The standard InChI is InChI=1S/C15H26N2O/c1-14(7-8-15-6-4-13-18-15)16-9-5-12-17-10-2-3-11-17/h4,6,13-14,16H,2-3,5,7-12H2,1H3. The van der Waals surface area contributed by atoms with Crippen molar-refractivity contribution in [1.29, 1.82) is 0 Å². The van der Waals surface area contributed by atoms with Crippen molar-refractivity contribution in [2.75, 3.05) is 26.2 Å². The molecule has 1 N–H and O–H groups in total. The van der Waals surface area contributed by atoms with E-state index in [-0.39, 0.29) is 0 Å². The minimum atomic E-state index is 0.577. The SMILES string of the molecule is CC(CCc1ccco1)NCCCN1CCCC1. The Morgan fingerprint density at radius 3 is 2.94 bits per heavy atom. The highest BCUT2D eigenvalue weighted by Gasteiger charge is 2.10. The van der Waals surface area contributed by atoms with Crippen molar-refractivity contribution in [3.8, 4) is 0 Å². The topological polar surface area (TPSA) is 28.4 Å². The van der Waals surface area contributed by atoms with Crippen LogP contribution < -0.4 is 5.32 Å². The van der Waals surface area contributed by atoms with Gasteiger partial charge in [-0.2, -0.15) is 0 Å². The zero-order valence-corrected chi connectivity index (χ0v) is 11.5. The normalized spacial score (nSPS) is 18.3. The highest BCUT2D eigenvalue weighted by atomic mass is 16.3. The lowest BCUT2D eigenvalue weighted by atomic mass is 10.1. The van der Waals surface area contributed by atoms with Crippen LogP contribution in [-0.4, -0.2) is 37.1 Å². The van der Waals surface area contributed by atoms with Crippen molar-refractivity contribution >= 4 is 0 Å². The summed E-state index contributed by atoms with van der Waals surface area (Å²) in [6.07, 6.45) is 8.00. The monoisotopic (exact) mass is 250 g/mol. The van der Waals surface area contributed by atoms with E-state index in [2.05, 4.69) is 23.2 Å². The van der Waals surface area contributed by atoms with E-state index in [1.165, 1.54) is 38.9 Å². The highest BCUT2D eigenvalue weighted by molar-refractivity contribution is 4.98. The van der Waals surface area contributed by atoms with Gasteiger partial charge in [0.25, 0.3) is 0 Å². The Kier molecular flexibility index (Phi) is 5.75. The molecule has 1 aliphatic rings. The van der Waals surface area contributed by atoms with E-state index in [1.54, 1.807) is 6.26 Å². The van der Waals surface area contributed by atoms with Crippen molar-refractivity contribution in [1.82, 2.24) is 10.2 Å². The molecule has 2 heterocycles. The smallest absolute Gasteiger partial charge is 0.103 e. The molecular weight excluding hydrogens is 224 g/mol. The summed E-state index contributed by atoms with van der Waals surface area (Å²) in [5, 5.41) is 3.60. The first kappa shape index (κ1) is 13.6. The van der Waals surface area contributed by atoms with Crippen molar-refractivity contribution < 1.29 is 4.42 Å².